The van der Waals surface area contributed by atoms with Crippen molar-refractivity contribution in [3.8, 4) is 0 Å². The van der Waals surface area contributed by atoms with E-state index < -0.39 is 6.10 Å². The van der Waals surface area contributed by atoms with Crippen LogP contribution in [0.3, 0.4) is 0 Å². The first-order valence-corrected chi connectivity index (χ1v) is 30.9. The zero-order chi connectivity index (χ0) is 52.7. The predicted octanol–water partition coefficient (Wildman–Crippen LogP) is 21.3. The largest absolute Gasteiger partial charge is 0.462 e. The molecule has 0 radical (unpaired) electrons. The Balaban J connectivity index is 3.52. The molecule has 0 spiro atoms. The molecular formula is C68H116O5. The Morgan fingerprint density at radius 1 is 0.329 bits per heavy atom. The molecule has 0 aromatic rings. The minimum absolute atomic E-state index is 0.0659. The number of ether oxygens (including phenoxy) is 2. The fraction of sp³-hybridized carbons (Fsp3) is 0.706. The van der Waals surface area contributed by atoms with Crippen LogP contribution in [-0.4, -0.2) is 36.4 Å². The van der Waals surface area contributed by atoms with Crippen molar-refractivity contribution in [3.63, 3.8) is 0 Å². The summed E-state index contributed by atoms with van der Waals surface area (Å²) in [5.41, 5.74) is 0. The van der Waals surface area contributed by atoms with Gasteiger partial charge in [0.1, 0.15) is 6.61 Å². The Kier molecular flexibility index (Phi) is 59.9. The number of aliphatic hydroxyl groups excluding tert-OH is 1. The van der Waals surface area contributed by atoms with Crippen molar-refractivity contribution in [2.24, 2.45) is 0 Å². The Bertz CT molecular complexity index is 1420. The Labute approximate surface area is 452 Å². The van der Waals surface area contributed by atoms with E-state index in [-0.39, 0.29) is 25.2 Å². The van der Waals surface area contributed by atoms with E-state index in [1.165, 1.54) is 167 Å². The summed E-state index contributed by atoms with van der Waals surface area (Å²) in [5, 5.41) is 9.66. The molecule has 1 unspecified atom stereocenters. The lowest BCUT2D eigenvalue weighted by Crippen LogP contribution is -2.28. The summed E-state index contributed by atoms with van der Waals surface area (Å²) in [6, 6.07) is 0. The topological polar surface area (TPSA) is 72.8 Å². The standard InChI is InChI=1S/C68H116O5/c1-3-5-7-9-11-13-15-17-19-21-23-24-25-26-27-28-29-30-31-32-33-34-35-36-37-38-39-40-41-42-43-44-45-47-49-51-53-55-57-59-61-63-68(71)73-66(64-69)65-72-67(70)62-60-58-56-54-52-50-48-46-22-20-18-16-14-12-10-8-6-4-2/h5,7,11,13,17,19,23-24,26-27,29-30,32-33,35-36,38-39,66,69H,3-4,6,8-10,12,14-16,18,20-22,25,28,31,34,37,40-65H2,1-2H3/b7-5-,13-11-,19-17-,24-23-,27-26-,30-29-,33-32-,36-35-,39-38-. The van der Waals surface area contributed by atoms with Crippen LogP contribution >= 0.6 is 0 Å². The summed E-state index contributed by atoms with van der Waals surface area (Å²) in [6.45, 7) is 4.05. The number of hydrogen-bond acceptors (Lipinski definition) is 5. The smallest absolute Gasteiger partial charge is 0.306 e. The first kappa shape index (κ1) is 69.6. The van der Waals surface area contributed by atoms with Crippen molar-refractivity contribution < 1.29 is 24.2 Å². The van der Waals surface area contributed by atoms with Gasteiger partial charge in [-0.2, -0.15) is 0 Å². The van der Waals surface area contributed by atoms with E-state index in [4.69, 9.17) is 9.47 Å². The summed E-state index contributed by atoms with van der Waals surface area (Å²) < 4.78 is 10.7. The number of hydrogen-bond donors (Lipinski definition) is 1. The van der Waals surface area contributed by atoms with E-state index in [0.29, 0.717) is 12.8 Å². The molecule has 0 aromatic heterocycles. The normalized spacial score (nSPS) is 13.0. The molecule has 0 bridgehead atoms. The fourth-order valence-electron chi connectivity index (χ4n) is 8.73. The molecule has 418 valence electrons. The molecule has 73 heavy (non-hydrogen) atoms. The molecule has 0 aliphatic heterocycles. The molecule has 0 heterocycles. The van der Waals surface area contributed by atoms with Crippen molar-refractivity contribution in [2.45, 2.75) is 296 Å². The highest BCUT2D eigenvalue weighted by atomic mass is 16.6. The summed E-state index contributed by atoms with van der Waals surface area (Å²) in [4.78, 5) is 24.5. The monoisotopic (exact) mass is 1010 g/mol. The van der Waals surface area contributed by atoms with Crippen molar-refractivity contribution in [1.29, 1.82) is 0 Å². The fourth-order valence-corrected chi connectivity index (χ4v) is 8.73. The van der Waals surface area contributed by atoms with Gasteiger partial charge in [-0.05, 0) is 83.5 Å². The molecule has 0 fully saturated rings. The van der Waals surface area contributed by atoms with Crippen LogP contribution in [0.2, 0.25) is 0 Å². The van der Waals surface area contributed by atoms with Gasteiger partial charge in [0.25, 0.3) is 0 Å². The lowest BCUT2D eigenvalue weighted by molar-refractivity contribution is -0.161. The second-order valence-electron chi connectivity index (χ2n) is 20.4. The number of esters is 2. The maximum atomic E-state index is 12.3. The van der Waals surface area contributed by atoms with Gasteiger partial charge in [0, 0.05) is 12.8 Å². The van der Waals surface area contributed by atoms with Gasteiger partial charge in [-0.25, -0.2) is 0 Å². The highest BCUT2D eigenvalue weighted by Crippen LogP contribution is 2.17. The predicted molar refractivity (Wildman–Crippen MR) is 320 cm³/mol. The molecule has 0 amide bonds. The van der Waals surface area contributed by atoms with Crippen molar-refractivity contribution >= 4 is 11.9 Å². The molecule has 0 aliphatic rings. The third-order valence-electron chi connectivity index (χ3n) is 13.3. The van der Waals surface area contributed by atoms with Crippen LogP contribution < -0.4 is 0 Å². The lowest BCUT2D eigenvalue weighted by Gasteiger charge is -2.15. The second-order valence-corrected chi connectivity index (χ2v) is 20.4. The van der Waals surface area contributed by atoms with Gasteiger partial charge in [-0.3, -0.25) is 9.59 Å². The minimum atomic E-state index is -0.776. The van der Waals surface area contributed by atoms with E-state index in [1.807, 2.05) is 0 Å². The maximum absolute atomic E-state index is 12.3. The van der Waals surface area contributed by atoms with Crippen LogP contribution in [0.1, 0.15) is 290 Å². The average Bonchev–Trinajstić information content (AvgIpc) is 3.39. The van der Waals surface area contributed by atoms with Crippen LogP contribution in [0, 0.1) is 0 Å². The average molecular weight is 1010 g/mol. The molecule has 1 atom stereocenters. The summed E-state index contributed by atoms with van der Waals surface area (Å²) in [6.07, 6.45) is 90.8. The van der Waals surface area contributed by atoms with Crippen molar-refractivity contribution in [2.75, 3.05) is 13.2 Å². The van der Waals surface area contributed by atoms with E-state index in [0.717, 1.165) is 96.3 Å². The van der Waals surface area contributed by atoms with Gasteiger partial charge < -0.3 is 14.6 Å². The SMILES string of the molecule is CC/C=C\C/C=C\C/C=C\C/C=C\C/C=C\C/C=C\C/C=C\C/C=C\C/C=C\CCCCCCCCCCCCCCCC(=O)OC(CO)COC(=O)CCCCCCCCCCCCCCCCCCCC. The molecule has 0 saturated heterocycles. The van der Waals surface area contributed by atoms with Gasteiger partial charge in [0.15, 0.2) is 6.10 Å². The van der Waals surface area contributed by atoms with Gasteiger partial charge in [0.05, 0.1) is 6.61 Å². The molecule has 0 aromatic carbocycles. The summed E-state index contributed by atoms with van der Waals surface area (Å²) >= 11 is 0. The minimum Gasteiger partial charge on any atom is -0.462 e. The second kappa shape index (κ2) is 62.9. The van der Waals surface area contributed by atoms with Gasteiger partial charge in [-0.1, -0.05) is 303 Å². The number of carbonyl (C=O) groups is 2. The van der Waals surface area contributed by atoms with E-state index in [9.17, 15) is 14.7 Å². The molecule has 5 heteroatoms. The zero-order valence-corrected chi connectivity index (χ0v) is 47.9. The molecule has 0 rings (SSSR count). The molecular weight excluding hydrogens is 897 g/mol. The third kappa shape index (κ3) is 61.0. The maximum Gasteiger partial charge on any atom is 0.306 e. The first-order valence-electron chi connectivity index (χ1n) is 30.9. The lowest BCUT2D eigenvalue weighted by atomic mass is 10.0. The number of allylic oxidation sites excluding steroid dienone is 18. The van der Waals surface area contributed by atoms with Crippen LogP contribution in [0.15, 0.2) is 109 Å². The Morgan fingerprint density at radius 2 is 0.589 bits per heavy atom. The van der Waals surface area contributed by atoms with E-state index >= 15 is 0 Å². The van der Waals surface area contributed by atoms with E-state index in [1.54, 1.807) is 0 Å². The van der Waals surface area contributed by atoms with E-state index in [2.05, 4.69) is 123 Å². The molecule has 1 N–H and O–H groups in total. The summed E-state index contributed by atoms with van der Waals surface area (Å²) in [7, 11) is 0. The summed E-state index contributed by atoms with van der Waals surface area (Å²) in [5.74, 6) is -0.583. The van der Waals surface area contributed by atoms with Crippen LogP contribution in [0.4, 0.5) is 0 Å². The van der Waals surface area contributed by atoms with Crippen LogP contribution in [-0.2, 0) is 19.1 Å². The van der Waals surface area contributed by atoms with Crippen molar-refractivity contribution in [1.82, 2.24) is 0 Å². The van der Waals surface area contributed by atoms with Crippen LogP contribution in [0.5, 0.6) is 0 Å². The number of carbonyl (C=O) groups excluding carboxylic acids is 2. The number of rotatable bonds is 56. The molecule has 0 aliphatic carbocycles. The quantitative estimate of drug-likeness (QED) is 0.0373. The highest BCUT2D eigenvalue weighted by molar-refractivity contribution is 5.70. The van der Waals surface area contributed by atoms with Crippen molar-refractivity contribution in [3.05, 3.63) is 109 Å². The zero-order valence-electron chi connectivity index (χ0n) is 47.9. The number of unbranched alkanes of at least 4 members (excludes halogenated alkanes) is 30. The number of aliphatic hydroxyl groups is 1. The molecule has 0 saturated carbocycles. The molecule has 5 nitrogen and oxygen atoms in total. The first-order chi connectivity index (χ1) is 36.1. The van der Waals surface area contributed by atoms with Gasteiger partial charge in [-0.15, -0.1) is 0 Å². The highest BCUT2D eigenvalue weighted by Gasteiger charge is 2.16. The Hall–Kier alpha value is -3.44. The van der Waals surface area contributed by atoms with Gasteiger partial charge in [0.2, 0.25) is 0 Å². The Morgan fingerprint density at radius 3 is 0.890 bits per heavy atom. The van der Waals surface area contributed by atoms with Gasteiger partial charge >= 0.3 is 11.9 Å². The van der Waals surface area contributed by atoms with Crippen LogP contribution in [0.25, 0.3) is 0 Å². The third-order valence-corrected chi connectivity index (χ3v) is 13.3.